The van der Waals surface area contributed by atoms with Crippen LogP contribution >= 0.6 is 11.6 Å². The van der Waals surface area contributed by atoms with Gasteiger partial charge in [0.2, 0.25) is 5.91 Å². The van der Waals surface area contributed by atoms with Crippen LogP contribution in [0, 0.1) is 6.92 Å². The van der Waals surface area contributed by atoms with Gasteiger partial charge in [0.1, 0.15) is 0 Å². The summed E-state index contributed by atoms with van der Waals surface area (Å²) in [5.74, 6) is -0.0913. The highest BCUT2D eigenvalue weighted by Crippen LogP contribution is 2.42. The molecule has 1 aliphatic rings. The normalized spacial score (nSPS) is 15.1. The second-order valence-corrected chi connectivity index (χ2v) is 9.11. The summed E-state index contributed by atoms with van der Waals surface area (Å²) in [5.41, 5.74) is 5.99. The van der Waals surface area contributed by atoms with Crippen molar-refractivity contribution in [3.63, 3.8) is 0 Å². The highest BCUT2D eigenvalue weighted by Gasteiger charge is 2.39. The number of aromatic amines is 1. The third kappa shape index (κ3) is 4.19. The van der Waals surface area contributed by atoms with Crippen molar-refractivity contribution in [2.45, 2.75) is 25.8 Å². The predicted molar refractivity (Wildman–Crippen MR) is 135 cm³/mol. The quantitative estimate of drug-likeness (QED) is 0.377. The Morgan fingerprint density at radius 2 is 1.76 bits per heavy atom. The number of carbonyl (C=O) groups is 2. The Kier molecular flexibility index (Phi) is 6.12. The first-order chi connectivity index (χ1) is 16.5. The zero-order valence-electron chi connectivity index (χ0n) is 19.0. The van der Waals surface area contributed by atoms with E-state index in [-0.39, 0.29) is 24.3 Å². The van der Waals surface area contributed by atoms with E-state index in [9.17, 15) is 9.59 Å². The molecule has 1 aliphatic heterocycles. The number of nitrogens with one attached hydrogen (secondary N) is 2. The first-order valence-corrected chi connectivity index (χ1v) is 11.9. The van der Waals surface area contributed by atoms with E-state index in [0.717, 1.165) is 39.7 Å². The molecule has 2 amide bonds. The smallest absolute Gasteiger partial charge is 0.255 e. The summed E-state index contributed by atoms with van der Waals surface area (Å²) in [6, 6.07) is 23.3. The molecule has 0 saturated heterocycles. The van der Waals surface area contributed by atoms with Gasteiger partial charge in [-0.3, -0.25) is 9.59 Å². The lowest BCUT2D eigenvalue weighted by Gasteiger charge is -2.26. The summed E-state index contributed by atoms with van der Waals surface area (Å²) in [6.07, 6.45) is 0.979. The summed E-state index contributed by atoms with van der Waals surface area (Å²) in [5, 5.41) is 4.78. The van der Waals surface area contributed by atoms with Gasteiger partial charge in [-0.2, -0.15) is 0 Å². The lowest BCUT2D eigenvalue weighted by atomic mass is 9.95. The minimum absolute atomic E-state index is 0.0285. The van der Waals surface area contributed by atoms with Crippen molar-refractivity contribution in [1.82, 2.24) is 15.2 Å². The topological polar surface area (TPSA) is 65.2 Å². The van der Waals surface area contributed by atoms with Crippen LogP contribution in [0.2, 0.25) is 5.02 Å². The van der Waals surface area contributed by atoms with Crippen molar-refractivity contribution in [2.75, 3.05) is 13.1 Å². The Morgan fingerprint density at radius 1 is 1.03 bits per heavy atom. The molecule has 4 aromatic rings. The minimum Gasteiger partial charge on any atom is -0.358 e. The van der Waals surface area contributed by atoms with Crippen LogP contribution in [0.4, 0.5) is 0 Å². The van der Waals surface area contributed by atoms with Crippen LogP contribution in [-0.4, -0.2) is 34.8 Å². The molecular formula is C28H26ClN3O2. The Balaban J connectivity index is 1.33. The molecule has 2 N–H and O–H groups in total. The third-order valence-corrected chi connectivity index (χ3v) is 6.76. The predicted octanol–water partition coefficient (Wildman–Crippen LogP) is 5.42. The Hall–Kier alpha value is -3.57. The molecule has 1 atom stereocenters. The molecule has 172 valence electrons. The van der Waals surface area contributed by atoms with Gasteiger partial charge in [0.15, 0.2) is 0 Å². The molecule has 3 aromatic carbocycles. The standard InChI is InChI=1S/C28H26ClN3O2/c1-18-26(23-8-4-5-9-24(23)31-18)27-21-6-2-3-7-22(21)28(34)32(27)17-15-25(33)30-16-14-19-10-12-20(29)13-11-19/h2-13,27,31H,14-17H2,1H3,(H,30,33). The van der Waals surface area contributed by atoms with Gasteiger partial charge >= 0.3 is 0 Å². The number of rotatable bonds is 7. The van der Waals surface area contributed by atoms with Crippen molar-refractivity contribution in [3.05, 3.63) is 106 Å². The van der Waals surface area contributed by atoms with Gasteiger partial charge in [-0.1, -0.05) is 60.1 Å². The van der Waals surface area contributed by atoms with Gasteiger partial charge < -0.3 is 15.2 Å². The Labute approximate surface area is 203 Å². The molecular weight excluding hydrogens is 446 g/mol. The number of H-pyrrole nitrogens is 1. The molecule has 0 fully saturated rings. The Bertz CT molecular complexity index is 1360. The number of halogens is 1. The maximum absolute atomic E-state index is 13.4. The van der Waals surface area contributed by atoms with Crippen molar-refractivity contribution in [3.8, 4) is 0 Å². The molecule has 0 bridgehead atoms. The summed E-state index contributed by atoms with van der Waals surface area (Å²) in [6.45, 7) is 2.94. The zero-order chi connectivity index (χ0) is 23.7. The minimum atomic E-state index is -0.221. The Morgan fingerprint density at radius 3 is 2.59 bits per heavy atom. The number of aryl methyl sites for hydroxylation is 1. The van der Waals surface area contributed by atoms with Crippen LogP contribution in [0.3, 0.4) is 0 Å². The molecule has 6 heteroatoms. The fourth-order valence-corrected chi connectivity index (χ4v) is 5.00. The van der Waals surface area contributed by atoms with E-state index < -0.39 is 0 Å². The number of benzene rings is 3. The van der Waals surface area contributed by atoms with E-state index >= 15 is 0 Å². The second kappa shape index (κ2) is 9.35. The van der Waals surface area contributed by atoms with Gasteiger partial charge in [-0.25, -0.2) is 0 Å². The van der Waals surface area contributed by atoms with Gasteiger partial charge in [0.25, 0.3) is 5.91 Å². The van der Waals surface area contributed by atoms with Crippen LogP contribution < -0.4 is 5.32 Å². The van der Waals surface area contributed by atoms with Crippen molar-refractivity contribution in [1.29, 1.82) is 0 Å². The van der Waals surface area contributed by atoms with Crippen LogP contribution in [0.25, 0.3) is 10.9 Å². The van der Waals surface area contributed by atoms with Crippen molar-refractivity contribution < 1.29 is 9.59 Å². The fourth-order valence-electron chi connectivity index (χ4n) is 4.87. The molecule has 1 aromatic heterocycles. The molecule has 0 saturated carbocycles. The van der Waals surface area contributed by atoms with Crippen LogP contribution in [0.1, 0.15) is 45.2 Å². The van der Waals surface area contributed by atoms with E-state index in [0.29, 0.717) is 23.7 Å². The number of fused-ring (bicyclic) bond motifs is 2. The highest BCUT2D eigenvalue weighted by molar-refractivity contribution is 6.30. The number of aromatic nitrogens is 1. The average Bonchev–Trinajstić information content (AvgIpc) is 3.31. The average molecular weight is 472 g/mol. The lowest BCUT2D eigenvalue weighted by molar-refractivity contribution is -0.121. The van der Waals surface area contributed by atoms with Gasteiger partial charge in [-0.05, 0) is 48.7 Å². The van der Waals surface area contributed by atoms with Gasteiger partial charge in [0, 0.05) is 52.3 Å². The number of hydrogen-bond acceptors (Lipinski definition) is 2. The van der Waals surface area contributed by atoms with Crippen molar-refractivity contribution in [2.24, 2.45) is 0 Å². The summed E-state index contributed by atoms with van der Waals surface area (Å²) in [7, 11) is 0. The first kappa shape index (κ1) is 22.2. The van der Waals surface area contributed by atoms with Gasteiger partial charge in [0.05, 0.1) is 6.04 Å². The molecule has 5 rings (SSSR count). The first-order valence-electron chi connectivity index (χ1n) is 11.5. The molecule has 0 spiro atoms. The fraction of sp³-hybridized carbons (Fsp3) is 0.214. The number of para-hydroxylation sites is 1. The third-order valence-electron chi connectivity index (χ3n) is 6.50. The number of hydrogen-bond donors (Lipinski definition) is 2. The number of nitrogens with zero attached hydrogens (tertiary/aromatic N) is 1. The van der Waals surface area contributed by atoms with E-state index in [1.165, 1.54) is 0 Å². The molecule has 1 unspecified atom stereocenters. The molecule has 2 heterocycles. The van der Waals surface area contributed by atoms with E-state index in [1.54, 1.807) is 0 Å². The summed E-state index contributed by atoms with van der Waals surface area (Å²) >= 11 is 5.93. The molecule has 34 heavy (non-hydrogen) atoms. The van der Waals surface area contributed by atoms with E-state index in [4.69, 9.17) is 11.6 Å². The summed E-state index contributed by atoms with van der Waals surface area (Å²) < 4.78 is 0. The summed E-state index contributed by atoms with van der Waals surface area (Å²) in [4.78, 5) is 31.3. The zero-order valence-corrected chi connectivity index (χ0v) is 19.7. The van der Waals surface area contributed by atoms with Crippen LogP contribution in [0.5, 0.6) is 0 Å². The highest BCUT2D eigenvalue weighted by atomic mass is 35.5. The maximum Gasteiger partial charge on any atom is 0.255 e. The number of amides is 2. The van der Waals surface area contributed by atoms with Crippen molar-refractivity contribution >= 4 is 34.3 Å². The largest absolute Gasteiger partial charge is 0.358 e. The maximum atomic E-state index is 13.4. The second-order valence-electron chi connectivity index (χ2n) is 8.67. The SMILES string of the molecule is Cc1[nH]c2ccccc2c1C1c2ccccc2C(=O)N1CCC(=O)NCCc1ccc(Cl)cc1. The van der Waals surface area contributed by atoms with Crippen LogP contribution in [0.15, 0.2) is 72.8 Å². The number of carbonyl (C=O) groups excluding carboxylic acids is 2. The lowest BCUT2D eigenvalue weighted by Crippen LogP contribution is -2.34. The monoisotopic (exact) mass is 471 g/mol. The van der Waals surface area contributed by atoms with Gasteiger partial charge in [-0.15, -0.1) is 0 Å². The van der Waals surface area contributed by atoms with E-state index in [1.807, 2.05) is 78.6 Å². The molecule has 5 nitrogen and oxygen atoms in total. The molecule has 0 aliphatic carbocycles. The van der Waals surface area contributed by atoms with E-state index in [2.05, 4.69) is 16.4 Å². The molecule has 0 radical (unpaired) electrons. The van der Waals surface area contributed by atoms with Crippen LogP contribution in [-0.2, 0) is 11.2 Å².